The lowest BCUT2D eigenvalue weighted by atomic mass is 10.0. The average Bonchev–Trinajstić information content (AvgIpc) is 2.74. The minimum absolute atomic E-state index is 0.251. The molecule has 3 heterocycles. The molecule has 0 aliphatic carbocycles. The van der Waals surface area contributed by atoms with Crippen molar-refractivity contribution in [3.8, 4) is 11.1 Å². The third-order valence-electron chi connectivity index (χ3n) is 4.71. The quantitative estimate of drug-likeness (QED) is 0.739. The lowest BCUT2D eigenvalue weighted by Crippen LogP contribution is -2.37. The van der Waals surface area contributed by atoms with Crippen molar-refractivity contribution in [1.82, 2.24) is 9.97 Å². The van der Waals surface area contributed by atoms with Crippen LogP contribution in [0.3, 0.4) is 0 Å². The third-order valence-corrected chi connectivity index (χ3v) is 4.71. The molecule has 3 rings (SSSR count). The van der Waals surface area contributed by atoms with Crippen LogP contribution in [-0.2, 0) is 9.47 Å². The topological polar surface area (TPSA) is 102 Å². The van der Waals surface area contributed by atoms with Crippen LogP contribution in [0.4, 0.5) is 5.82 Å². The average molecular weight is 399 g/mol. The molecule has 0 saturated carbocycles. The molecule has 8 heteroatoms. The number of carbonyl (C=O) groups excluding carboxylic acids is 2. The number of hydrogen-bond donors (Lipinski definition) is 1. The molecule has 2 aromatic heterocycles. The number of piperidine rings is 1. The van der Waals surface area contributed by atoms with Crippen molar-refractivity contribution in [3.05, 3.63) is 41.9 Å². The molecule has 0 atom stereocenters. The molecule has 1 aliphatic rings. The van der Waals surface area contributed by atoms with E-state index in [-0.39, 0.29) is 19.3 Å². The van der Waals surface area contributed by atoms with E-state index in [9.17, 15) is 14.7 Å². The summed E-state index contributed by atoms with van der Waals surface area (Å²) in [5.74, 6) is -0.380. The van der Waals surface area contributed by atoms with E-state index < -0.39 is 11.9 Å². The van der Waals surface area contributed by atoms with Crippen molar-refractivity contribution in [2.24, 2.45) is 0 Å². The third kappa shape index (κ3) is 4.89. The minimum atomic E-state index is -0.461. The number of anilines is 1. The Kier molecular flexibility index (Phi) is 6.77. The molecule has 0 radical (unpaired) electrons. The molecule has 1 N–H and O–H groups in total. The van der Waals surface area contributed by atoms with Gasteiger partial charge in [-0.2, -0.15) is 0 Å². The minimum Gasteiger partial charge on any atom is -0.462 e. The number of ether oxygens (including phenoxy) is 2. The first-order chi connectivity index (χ1) is 14.0. The zero-order chi connectivity index (χ0) is 20.8. The van der Waals surface area contributed by atoms with Crippen LogP contribution in [0.15, 0.2) is 30.7 Å². The maximum atomic E-state index is 12.6. The van der Waals surface area contributed by atoms with Crippen molar-refractivity contribution in [3.63, 3.8) is 0 Å². The lowest BCUT2D eigenvalue weighted by Gasteiger charge is -2.31. The van der Waals surface area contributed by atoms with E-state index >= 15 is 0 Å². The molecule has 1 aliphatic heterocycles. The molecular weight excluding hydrogens is 374 g/mol. The Morgan fingerprint density at radius 3 is 2.38 bits per heavy atom. The molecule has 1 fully saturated rings. The normalized spacial score (nSPS) is 14.5. The molecule has 154 valence electrons. The molecule has 0 spiro atoms. The molecule has 0 amide bonds. The summed E-state index contributed by atoms with van der Waals surface area (Å²) in [5, 5.41) is 9.75. The zero-order valence-electron chi connectivity index (χ0n) is 16.6. The van der Waals surface area contributed by atoms with Gasteiger partial charge in [0, 0.05) is 42.8 Å². The maximum absolute atomic E-state index is 12.6. The number of aliphatic hydroxyl groups is 1. The second-order valence-corrected chi connectivity index (χ2v) is 6.72. The highest BCUT2D eigenvalue weighted by atomic mass is 16.5. The molecule has 2 aromatic rings. The highest BCUT2D eigenvalue weighted by Gasteiger charge is 2.24. The largest absolute Gasteiger partial charge is 0.462 e. The summed E-state index contributed by atoms with van der Waals surface area (Å²) in [5.41, 5.74) is 1.97. The maximum Gasteiger partial charge on any atom is 0.341 e. The predicted octanol–water partition coefficient (Wildman–Crippen LogP) is 2.46. The van der Waals surface area contributed by atoms with E-state index in [2.05, 4.69) is 9.97 Å². The Labute approximate surface area is 169 Å². The van der Waals surface area contributed by atoms with E-state index in [1.807, 2.05) is 4.90 Å². The Balaban J connectivity index is 1.97. The lowest BCUT2D eigenvalue weighted by molar-refractivity contribution is 0.0516. The van der Waals surface area contributed by atoms with Gasteiger partial charge in [-0.05, 0) is 38.8 Å². The highest BCUT2D eigenvalue weighted by molar-refractivity contribution is 5.96. The fraction of sp³-hybridized carbons (Fsp3) is 0.429. The summed E-state index contributed by atoms with van der Waals surface area (Å²) >= 11 is 0. The first kappa shape index (κ1) is 20.7. The predicted molar refractivity (Wildman–Crippen MR) is 107 cm³/mol. The van der Waals surface area contributed by atoms with Crippen LogP contribution >= 0.6 is 0 Å². The van der Waals surface area contributed by atoms with Gasteiger partial charge in [-0.15, -0.1) is 0 Å². The second-order valence-electron chi connectivity index (χ2n) is 6.72. The molecule has 29 heavy (non-hydrogen) atoms. The van der Waals surface area contributed by atoms with E-state index in [4.69, 9.17) is 9.47 Å². The second kappa shape index (κ2) is 9.47. The first-order valence-corrected chi connectivity index (χ1v) is 9.76. The summed E-state index contributed by atoms with van der Waals surface area (Å²) < 4.78 is 10.2. The molecule has 0 bridgehead atoms. The Hall–Kier alpha value is -3.00. The number of esters is 2. The summed E-state index contributed by atoms with van der Waals surface area (Å²) in [6.07, 6.45) is 5.61. The van der Waals surface area contributed by atoms with E-state index in [1.54, 1.807) is 38.4 Å². The molecule has 0 unspecified atom stereocenters. The monoisotopic (exact) mass is 399 g/mol. The van der Waals surface area contributed by atoms with Crippen LogP contribution in [0, 0.1) is 0 Å². The highest BCUT2D eigenvalue weighted by Crippen LogP contribution is 2.28. The zero-order valence-corrected chi connectivity index (χ0v) is 16.6. The number of aliphatic hydroxyl groups excluding tert-OH is 1. The van der Waals surface area contributed by atoms with Crippen LogP contribution in [0.1, 0.15) is 47.4 Å². The SMILES string of the molecule is CCOC(=O)c1cncc(-c2cnc(N3CCC(O)CC3)c(C(=O)OCC)c2)c1. The van der Waals surface area contributed by atoms with Gasteiger partial charge in [-0.1, -0.05) is 0 Å². The standard InChI is InChI=1S/C21H25N3O5/c1-3-28-20(26)16-9-14(11-22-12-16)15-10-18(21(27)29-4-2)19(23-13-15)24-7-5-17(25)6-8-24/h9-13,17,25H,3-8H2,1-2H3. The Morgan fingerprint density at radius 1 is 1.03 bits per heavy atom. The summed E-state index contributed by atoms with van der Waals surface area (Å²) in [6.45, 7) is 5.24. The molecular formula is C21H25N3O5. The fourth-order valence-corrected chi connectivity index (χ4v) is 3.23. The Morgan fingerprint density at radius 2 is 1.69 bits per heavy atom. The van der Waals surface area contributed by atoms with E-state index in [0.29, 0.717) is 54.0 Å². The Bertz CT molecular complexity index is 878. The van der Waals surface area contributed by atoms with E-state index in [0.717, 1.165) is 0 Å². The number of rotatable bonds is 6. The van der Waals surface area contributed by atoms with E-state index in [1.165, 1.54) is 6.20 Å². The van der Waals surface area contributed by atoms with Gasteiger partial charge in [0.15, 0.2) is 0 Å². The van der Waals surface area contributed by atoms with Crippen molar-refractivity contribution in [1.29, 1.82) is 0 Å². The van der Waals surface area contributed by atoms with Gasteiger partial charge >= 0.3 is 11.9 Å². The van der Waals surface area contributed by atoms with Crippen molar-refractivity contribution < 1.29 is 24.2 Å². The summed E-state index contributed by atoms with van der Waals surface area (Å²) in [4.78, 5) is 35.2. The fourth-order valence-electron chi connectivity index (χ4n) is 3.23. The van der Waals surface area contributed by atoms with Crippen molar-refractivity contribution in [2.45, 2.75) is 32.8 Å². The first-order valence-electron chi connectivity index (χ1n) is 9.76. The van der Waals surface area contributed by atoms with Crippen LogP contribution in [0.25, 0.3) is 11.1 Å². The number of carbonyl (C=O) groups is 2. The van der Waals surface area contributed by atoms with Gasteiger partial charge in [0.05, 0.1) is 24.9 Å². The van der Waals surface area contributed by atoms with Crippen LogP contribution in [0.5, 0.6) is 0 Å². The van der Waals surface area contributed by atoms with Crippen LogP contribution in [-0.4, -0.2) is 59.4 Å². The van der Waals surface area contributed by atoms with Gasteiger partial charge in [0.2, 0.25) is 0 Å². The van der Waals surface area contributed by atoms with Gasteiger partial charge in [-0.3, -0.25) is 4.98 Å². The molecule has 1 saturated heterocycles. The van der Waals surface area contributed by atoms with Crippen LogP contribution in [0.2, 0.25) is 0 Å². The van der Waals surface area contributed by atoms with Gasteiger partial charge in [0.1, 0.15) is 11.4 Å². The van der Waals surface area contributed by atoms with Crippen LogP contribution < -0.4 is 4.90 Å². The molecule has 8 nitrogen and oxygen atoms in total. The summed E-state index contributed by atoms with van der Waals surface area (Å²) in [7, 11) is 0. The van der Waals surface area contributed by atoms with Crippen molar-refractivity contribution >= 4 is 17.8 Å². The smallest absolute Gasteiger partial charge is 0.341 e. The molecule has 0 aromatic carbocycles. The van der Waals surface area contributed by atoms with Gasteiger partial charge in [-0.25, -0.2) is 14.6 Å². The number of nitrogens with zero attached hydrogens (tertiary/aromatic N) is 3. The number of hydrogen-bond acceptors (Lipinski definition) is 8. The number of aromatic nitrogens is 2. The van der Waals surface area contributed by atoms with Gasteiger partial charge in [0.25, 0.3) is 0 Å². The summed E-state index contributed by atoms with van der Waals surface area (Å²) in [6, 6.07) is 3.37. The van der Waals surface area contributed by atoms with Gasteiger partial charge < -0.3 is 19.5 Å². The van der Waals surface area contributed by atoms with Crippen molar-refractivity contribution in [2.75, 3.05) is 31.2 Å². The number of pyridine rings is 2.